The van der Waals surface area contributed by atoms with E-state index in [1.165, 1.54) is 6.08 Å². The second-order valence-electron chi connectivity index (χ2n) is 5.56. The summed E-state index contributed by atoms with van der Waals surface area (Å²) in [7, 11) is 4.70. The molecule has 2 aromatic carbocycles. The molecule has 0 radical (unpaired) electrons. The molecule has 0 bridgehead atoms. The molecule has 5 nitrogen and oxygen atoms in total. The van der Waals surface area contributed by atoms with Gasteiger partial charge in [-0.05, 0) is 55.3 Å². The highest BCUT2D eigenvalue weighted by molar-refractivity contribution is 6.08. The standard InChI is InChI=1S/C21H24O5/c1-6-26-18-10-8-15(12-20(18)24-4)7-9-17(22)16-13-21(25-5)19(23-3)11-14(16)2/h7-13H,6H2,1-5H3/b9-7+. The van der Waals surface area contributed by atoms with E-state index in [2.05, 4.69) is 0 Å². The van der Waals surface area contributed by atoms with Gasteiger partial charge >= 0.3 is 0 Å². The van der Waals surface area contributed by atoms with Crippen LogP contribution in [-0.2, 0) is 0 Å². The summed E-state index contributed by atoms with van der Waals surface area (Å²) in [6, 6.07) is 9.02. The van der Waals surface area contributed by atoms with E-state index >= 15 is 0 Å². The quantitative estimate of drug-likeness (QED) is 0.521. The number of rotatable bonds is 8. The predicted octanol–water partition coefficient (Wildman–Crippen LogP) is 4.32. The number of benzene rings is 2. The molecule has 0 heterocycles. The molecule has 26 heavy (non-hydrogen) atoms. The molecule has 2 aromatic rings. The average molecular weight is 356 g/mol. The van der Waals surface area contributed by atoms with Gasteiger partial charge in [-0.15, -0.1) is 0 Å². The van der Waals surface area contributed by atoms with Crippen LogP contribution in [0.1, 0.15) is 28.4 Å². The van der Waals surface area contributed by atoms with Crippen molar-refractivity contribution in [2.75, 3.05) is 27.9 Å². The van der Waals surface area contributed by atoms with Gasteiger partial charge in [-0.3, -0.25) is 4.79 Å². The zero-order chi connectivity index (χ0) is 19.1. The number of allylic oxidation sites excluding steroid dienone is 1. The van der Waals surface area contributed by atoms with Crippen LogP contribution in [0.3, 0.4) is 0 Å². The van der Waals surface area contributed by atoms with E-state index in [0.29, 0.717) is 35.2 Å². The Balaban J connectivity index is 2.27. The second kappa shape index (κ2) is 8.94. The van der Waals surface area contributed by atoms with Crippen LogP contribution in [0.4, 0.5) is 0 Å². The number of hydrogen-bond acceptors (Lipinski definition) is 5. The highest BCUT2D eigenvalue weighted by atomic mass is 16.5. The van der Waals surface area contributed by atoms with E-state index in [1.54, 1.807) is 39.5 Å². The number of carbonyl (C=O) groups excluding carboxylic acids is 1. The smallest absolute Gasteiger partial charge is 0.186 e. The molecule has 0 aliphatic heterocycles. The summed E-state index contributed by atoms with van der Waals surface area (Å²) < 4.78 is 21.4. The van der Waals surface area contributed by atoms with Crippen LogP contribution in [0.2, 0.25) is 0 Å². The van der Waals surface area contributed by atoms with Crippen LogP contribution in [0.15, 0.2) is 36.4 Å². The lowest BCUT2D eigenvalue weighted by Crippen LogP contribution is -2.01. The number of carbonyl (C=O) groups is 1. The van der Waals surface area contributed by atoms with Crippen molar-refractivity contribution in [3.05, 3.63) is 53.1 Å². The Kier molecular flexibility index (Phi) is 6.67. The fourth-order valence-corrected chi connectivity index (χ4v) is 2.57. The maximum Gasteiger partial charge on any atom is 0.186 e. The molecule has 0 saturated carbocycles. The van der Waals surface area contributed by atoms with Gasteiger partial charge in [0.25, 0.3) is 0 Å². The van der Waals surface area contributed by atoms with E-state index in [9.17, 15) is 4.79 Å². The summed E-state index contributed by atoms with van der Waals surface area (Å²) in [6.07, 6.45) is 3.28. The van der Waals surface area contributed by atoms with Crippen molar-refractivity contribution >= 4 is 11.9 Å². The van der Waals surface area contributed by atoms with Gasteiger partial charge in [-0.25, -0.2) is 0 Å². The Morgan fingerprint density at radius 1 is 0.923 bits per heavy atom. The topological polar surface area (TPSA) is 54.0 Å². The van der Waals surface area contributed by atoms with Crippen molar-refractivity contribution < 1.29 is 23.7 Å². The summed E-state index contributed by atoms with van der Waals surface area (Å²) in [5.41, 5.74) is 2.23. The minimum absolute atomic E-state index is 0.115. The Morgan fingerprint density at radius 3 is 2.15 bits per heavy atom. The molecule has 0 aromatic heterocycles. The lowest BCUT2D eigenvalue weighted by Gasteiger charge is -2.11. The zero-order valence-electron chi connectivity index (χ0n) is 15.8. The third-order valence-electron chi connectivity index (χ3n) is 3.91. The van der Waals surface area contributed by atoms with E-state index in [4.69, 9.17) is 18.9 Å². The number of hydrogen-bond donors (Lipinski definition) is 0. The average Bonchev–Trinajstić information content (AvgIpc) is 2.66. The molecule has 138 valence electrons. The highest BCUT2D eigenvalue weighted by Gasteiger charge is 2.13. The lowest BCUT2D eigenvalue weighted by molar-refractivity contribution is 0.104. The van der Waals surface area contributed by atoms with Gasteiger partial charge in [-0.2, -0.15) is 0 Å². The molecular weight excluding hydrogens is 332 g/mol. The maximum absolute atomic E-state index is 12.6. The molecule has 0 atom stereocenters. The molecule has 0 aliphatic carbocycles. The molecule has 0 unspecified atom stereocenters. The zero-order valence-corrected chi connectivity index (χ0v) is 15.8. The van der Waals surface area contributed by atoms with Gasteiger partial charge in [-0.1, -0.05) is 12.1 Å². The van der Waals surface area contributed by atoms with Crippen molar-refractivity contribution in [1.29, 1.82) is 0 Å². The fraction of sp³-hybridized carbons (Fsp3) is 0.286. The van der Waals surface area contributed by atoms with Crippen LogP contribution >= 0.6 is 0 Å². The molecule has 0 N–H and O–H groups in total. The monoisotopic (exact) mass is 356 g/mol. The molecule has 0 amide bonds. The van der Waals surface area contributed by atoms with Crippen LogP contribution in [0.5, 0.6) is 23.0 Å². The molecule has 5 heteroatoms. The Labute approximate surface area is 154 Å². The van der Waals surface area contributed by atoms with Gasteiger partial charge in [0.05, 0.1) is 27.9 Å². The van der Waals surface area contributed by atoms with E-state index < -0.39 is 0 Å². The van der Waals surface area contributed by atoms with Crippen LogP contribution in [0, 0.1) is 6.92 Å². The Bertz CT molecular complexity index is 808. The summed E-state index contributed by atoms with van der Waals surface area (Å²) in [5, 5.41) is 0. The van der Waals surface area contributed by atoms with Crippen molar-refractivity contribution in [2.24, 2.45) is 0 Å². The maximum atomic E-state index is 12.6. The van der Waals surface area contributed by atoms with Crippen molar-refractivity contribution in [3.8, 4) is 23.0 Å². The number of ether oxygens (including phenoxy) is 4. The predicted molar refractivity (Wildman–Crippen MR) is 102 cm³/mol. The molecule has 2 rings (SSSR count). The number of ketones is 1. The van der Waals surface area contributed by atoms with Gasteiger partial charge in [0.15, 0.2) is 28.8 Å². The molecule has 0 saturated heterocycles. The van der Waals surface area contributed by atoms with Gasteiger partial charge in [0, 0.05) is 5.56 Å². The highest BCUT2D eigenvalue weighted by Crippen LogP contribution is 2.31. The summed E-state index contributed by atoms with van der Waals surface area (Å²) in [4.78, 5) is 12.6. The van der Waals surface area contributed by atoms with E-state index in [1.807, 2.05) is 32.0 Å². The minimum Gasteiger partial charge on any atom is -0.493 e. The van der Waals surface area contributed by atoms with Gasteiger partial charge in [0.1, 0.15) is 0 Å². The van der Waals surface area contributed by atoms with Crippen LogP contribution in [-0.4, -0.2) is 33.7 Å². The summed E-state index contributed by atoms with van der Waals surface area (Å²) >= 11 is 0. The van der Waals surface area contributed by atoms with Crippen molar-refractivity contribution in [1.82, 2.24) is 0 Å². The van der Waals surface area contributed by atoms with E-state index in [0.717, 1.165) is 11.1 Å². The minimum atomic E-state index is -0.115. The first-order valence-corrected chi connectivity index (χ1v) is 8.29. The van der Waals surface area contributed by atoms with Gasteiger partial charge in [0.2, 0.25) is 0 Å². The first-order chi connectivity index (χ1) is 12.5. The fourth-order valence-electron chi connectivity index (χ4n) is 2.57. The Morgan fingerprint density at radius 2 is 1.54 bits per heavy atom. The third-order valence-corrected chi connectivity index (χ3v) is 3.91. The van der Waals surface area contributed by atoms with Crippen molar-refractivity contribution in [2.45, 2.75) is 13.8 Å². The SMILES string of the molecule is CCOc1ccc(/C=C/C(=O)c2cc(OC)c(OC)cc2C)cc1OC. The molecular formula is C21H24O5. The first kappa shape index (κ1) is 19.4. The molecule has 0 aliphatic rings. The first-order valence-electron chi connectivity index (χ1n) is 8.29. The Hall–Kier alpha value is -2.95. The third kappa shape index (κ3) is 4.36. The molecule has 0 fully saturated rings. The number of aryl methyl sites for hydroxylation is 1. The number of methoxy groups -OCH3 is 3. The largest absolute Gasteiger partial charge is 0.493 e. The second-order valence-corrected chi connectivity index (χ2v) is 5.56. The van der Waals surface area contributed by atoms with Crippen LogP contribution in [0.25, 0.3) is 6.08 Å². The lowest BCUT2D eigenvalue weighted by atomic mass is 10.0. The van der Waals surface area contributed by atoms with Crippen molar-refractivity contribution in [3.63, 3.8) is 0 Å². The summed E-state index contributed by atoms with van der Waals surface area (Å²) in [5.74, 6) is 2.31. The van der Waals surface area contributed by atoms with Gasteiger partial charge < -0.3 is 18.9 Å². The van der Waals surface area contributed by atoms with E-state index in [-0.39, 0.29) is 5.78 Å². The summed E-state index contributed by atoms with van der Waals surface area (Å²) in [6.45, 7) is 4.34. The van der Waals surface area contributed by atoms with Crippen LogP contribution < -0.4 is 18.9 Å². The molecule has 0 spiro atoms. The normalized spacial score (nSPS) is 10.7.